The Labute approximate surface area is 176 Å². The fraction of sp³-hybridized carbons (Fsp3) is 0.304. The molecule has 156 valence electrons. The number of benzene rings is 1. The number of hydrogen-bond acceptors (Lipinski definition) is 4. The number of nitrogens with one attached hydrogen (secondary N) is 2. The lowest BCUT2D eigenvalue weighted by atomic mass is 10.0. The first-order chi connectivity index (χ1) is 14.3. The zero-order valence-corrected chi connectivity index (χ0v) is 17.7. The highest BCUT2D eigenvalue weighted by molar-refractivity contribution is 5.92. The Morgan fingerprint density at radius 2 is 1.73 bits per heavy atom. The topological polar surface area (TPSA) is 88.9 Å². The second-order valence-electron chi connectivity index (χ2n) is 7.79. The maximum absolute atomic E-state index is 12.4. The summed E-state index contributed by atoms with van der Waals surface area (Å²) in [6.45, 7) is 8.40. The largest absolute Gasteiger partial charge is 0.347 e. The number of hydrogen-bond donors (Lipinski definition) is 2. The molecule has 0 spiro atoms. The van der Waals surface area contributed by atoms with Crippen molar-refractivity contribution in [3.63, 3.8) is 0 Å². The molecule has 1 aromatic carbocycles. The van der Waals surface area contributed by atoms with Crippen LogP contribution >= 0.6 is 0 Å². The first-order valence-electron chi connectivity index (χ1n) is 10.0. The molecule has 3 aromatic rings. The lowest BCUT2D eigenvalue weighted by Crippen LogP contribution is -2.23. The molecule has 2 N–H and O–H groups in total. The van der Waals surface area contributed by atoms with Crippen molar-refractivity contribution in [2.24, 2.45) is 5.92 Å². The van der Waals surface area contributed by atoms with Crippen LogP contribution in [0.5, 0.6) is 0 Å². The van der Waals surface area contributed by atoms with Gasteiger partial charge in [-0.2, -0.15) is 0 Å². The molecule has 0 saturated heterocycles. The highest BCUT2D eigenvalue weighted by Crippen LogP contribution is 2.15. The Bertz CT molecular complexity index is 1000. The van der Waals surface area contributed by atoms with Crippen molar-refractivity contribution < 1.29 is 9.59 Å². The van der Waals surface area contributed by atoms with Crippen LogP contribution in [0.2, 0.25) is 0 Å². The van der Waals surface area contributed by atoms with E-state index in [1.165, 1.54) is 5.56 Å². The second kappa shape index (κ2) is 9.35. The smallest absolute Gasteiger partial charge is 0.271 e. The molecule has 0 radical (unpaired) electrons. The van der Waals surface area contributed by atoms with Crippen LogP contribution in [0, 0.1) is 5.92 Å². The van der Waals surface area contributed by atoms with Gasteiger partial charge in [-0.1, -0.05) is 52.0 Å². The van der Waals surface area contributed by atoms with Crippen LogP contribution in [0.15, 0.2) is 55.1 Å². The van der Waals surface area contributed by atoms with E-state index in [1.807, 2.05) is 26.0 Å². The minimum Gasteiger partial charge on any atom is -0.347 e. The molecule has 0 saturated carbocycles. The summed E-state index contributed by atoms with van der Waals surface area (Å²) in [6.07, 6.45) is 4.75. The Balaban J connectivity index is 1.59. The zero-order valence-electron chi connectivity index (χ0n) is 17.7. The summed E-state index contributed by atoms with van der Waals surface area (Å²) in [6, 6.07) is 11.7. The Morgan fingerprint density at radius 3 is 2.33 bits per heavy atom. The van der Waals surface area contributed by atoms with Crippen LogP contribution in [-0.4, -0.2) is 26.3 Å². The van der Waals surface area contributed by atoms with Crippen LogP contribution in [0.3, 0.4) is 0 Å². The molecular formula is C23H27N5O2. The Hall–Kier alpha value is -3.48. The van der Waals surface area contributed by atoms with Gasteiger partial charge in [-0.3, -0.25) is 14.2 Å². The van der Waals surface area contributed by atoms with Gasteiger partial charge in [-0.25, -0.2) is 9.97 Å². The summed E-state index contributed by atoms with van der Waals surface area (Å²) >= 11 is 0. The zero-order chi connectivity index (χ0) is 21.7. The van der Waals surface area contributed by atoms with Crippen molar-refractivity contribution in [2.45, 2.75) is 40.2 Å². The first kappa shape index (κ1) is 21.2. The van der Waals surface area contributed by atoms with Crippen molar-refractivity contribution in [1.29, 1.82) is 0 Å². The van der Waals surface area contributed by atoms with Gasteiger partial charge in [0.25, 0.3) is 5.91 Å². The molecule has 0 aliphatic carbocycles. The average Bonchev–Trinajstić information content (AvgIpc) is 3.23. The standard InChI is InChI=1S/C23H27N5O2/c1-15(2)18-7-5-17(6-8-18)11-25-23(30)20-13-28(14-26-20)21-10-9-19(12-24-21)27-22(29)16(3)4/h5-10,12-16H,11H2,1-4H3,(H,25,30)(H,27,29). The van der Waals surface area contributed by atoms with Crippen molar-refractivity contribution >= 4 is 17.5 Å². The molecule has 0 aliphatic heterocycles. The van der Waals surface area contributed by atoms with Crippen LogP contribution < -0.4 is 10.6 Å². The molecular weight excluding hydrogens is 378 g/mol. The summed E-state index contributed by atoms with van der Waals surface area (Å²) in [4.78, 5) is 32.7. The molecule has 2 aromatic heterocycles. The van der Waals surface area contributed by atoms with Crippen molar-refractivity contribution in [2.75, 3.05) is 5.32 Å². The molecule has 0 unspecified atom stereocenters. The van der Waals surface area contributed by atoms with E-state index >= 15 is 0 Å². The van der Waals surface area contributed by atoms with Crippen molar-refractivity contribution in [3.05, 3.63) is 71.9 Å². The van der Waals surface area contributed by atoms with Crippen molar-refractivity contribution in [1.82, 2.24) is 19.9 Å². The Morgan fingerprint density at radius 1 is 1.00 bits per heavy atom. The summed E-state index contributed by atoms with van der Waals surface area (Å²) in [5, 5.41) is 5.68. The molecule has 0 atom stereocenters. The van der Waals surface area contributed by atoms with Gasteiger partial charge in [0.2, 0.25) is 5.91 Å². The summed E-state index contributed by atoms with van der Waals surface area (Å²) in [5.41, 5.74) is 3.24. The van der Waals surface area contributed by atoms with Gasteiger partial charge in [0, 0.05) is 18.7 Å². The minimum absolute atomic E-state index is 0.0648. The van der Waals surface area contributed by atoms with Gasteiger partial charge in [0.05, 0.1) is 11.9 Å². The van der Waals surface area contributed by atoms with Crippen LogP contribution in [0.4, 0.5) is 5.69 Å². The maximum atomic E-state index is 12.4. The minimum atomic E-state index is -0.248. The fourth-order valence-electron chi connectivity index (χ4n) is 2.76. The lowest BCUT2D eigenvalue weighted by Gasteiger charge is -2.08. The van der Waals surface area contributed by atoms with Crippen LogP contribution in [-0.2, 0) is 11.3 Å². The van der Waals surface area contributed by atoms with Gasteiger partial charge in [-0.15, -0.1) is 0 Å². The molecule has 0 aliphatic rings. The van der Waals surface area contributed by atoms with Crippen LogP contribution in [0.1, 0.15) is 55.2 Å². The number of carbonyl (C=O) groups is 2. The number of nitrogens with zero attached hydrogens (tertiary/aromatic N) is 3. The van der Waals surface area contributed by atoms with Crippen LogP contribution in [0.25, 0.3) is 5.82 Å². The molecule has 7 nitrogen and oxygen atoms in total. The van der Waals surface area contributed by atoms with Gasteiger partial charge < -0.3 is 10.6 Å². The predicted molar refractivity (Wildman–Crippen MR) is 117 cm³/mol. The summed E-state index contributed by atoms with van der Waals surface area (Å²) in [5.74, 6) is 0.667. The van der Waals surface area contributed by atoms with Gasteiger partial charge >= 0.3 is 0 Å². The third kappa shape index (κ3) is 5.31. The van der Waals surface area contributed by atoms with E-state index < -0.39 is 0 Å². The molecule has 2 amide bonds. The molecule has 0 fully saturated rings. The lowest BCUT2D eigenvalue weighted by molar-refractivity contribution is -0.118. The third-order valence-corrected chi connectivity index (χ3v) is 4.72. The molecule has 30 heavy (non-hydrogen) atoms. The molecule has 2 heterocycles. The van der Waals surface area contributed by atoms with E-state index in [9.17, 15) is 9.59 Å². The van der Waals surface area contributed by atoms with E-state index in [2.05, 4.69) is 46.6 Å². The van der Waals surface area contributed by atoms with Crippen molar-refractivity contribution in [3.8, 4) is 5.82 Å². The molecule has 3 rings (SSSR count). The molecule has 7 heteroatoms. The highest BCUT2D eigenvalue weighted by Gasteiger charge is 2.11. The maximum Gasteiger partial charge on any atom is 0.271 e. The van der Waals surface area contributed by atoms with E-state index in [0.717, 1.165) is 5.56 Å². The number of aromatic nitrogens is 3. The highest BCUT2D eigenvalue weighted by atomic mass is 16.2. The number of anilines is 1. The van der Waals surface area contributed by atoms with Gasteiger partial charge in [-0.05, 0) is 29.2 Å². The van der Waals surface area contributed by atoms with E-state index in [1.54, 1.807) is 35.4 Å². The Kier molecular flexibility index (Phi) is 6.61. The number of carbonyl (C=O) groups excluding carboxylic acids is 2. The average molecular weight is 406 g/mol. The third-order valence-electron chi connectivity index (χ3n) is 4.72. The summed E-state index contributed by atoms with van der Waals surface area (Å²) < 4.78 is 1.67. The number of imidazole rings is 1. The molecule has 0 bridgehead atoms. The van der Waals surface area contributed by atoms with E-state index in [4.69, 9.17) is 0 Å². The van der Waals surface area contributed by atoms with E-state index in [0.29, 0.717) is 29.7 Å². The SMILES string of the molecule is CC(C)C(=O)Nc1ccc(-n2cnc(C(=O)NCc3ccc(C(C)C)cc3)c2)nc1. The number of pyridine rings is 1. The van der Waals surface area contributed by atoms with Gasteiger partial charge in [0.15, 0.2) is 0 Å². The first-order valence-corrected chi connectivity index (χ1v) is 10.0. The van der Waals surface area contributed by atoms with E-state index in [-0.39, 0.29) is 17.7 Å². The number of amides is 2. The quantitative estimate of drug-likeness (QED) is 0.624. The normalized spacial score (nSPS) is 11.0. The second-order valence-corrected chi connectivity index (χ2v) is 7.79. The fourth-order valence-corrected chi connectivity index (χ4v) is 2.76. The number of rotatable bonds is 7. The monoisotopic (exact) mass is 405 g/mol. The summed E-state index contributed by atoms with van der Waals surface area (Å²) in [7, 11) is 0. The predicted octanol–water partition coefficient (Wildman–Crippen LogP) is 3.92. The van der Waals surface area contributed by atoms with Gasteiger partial charge in [0.1, 0.15) is 17.8 Å².